The van der Waals surface area contributed by atoms with Crippen LogP contribution in [0.15, 0.2) is 47.4 Å². The van der Waals surface area contributed by atoms with Gasteiger partial charge in [0.1, 0.15) is 6.54 Å². The van der Waals surface area contributed by atoms with Crippen LogP contribution in [0.4, 0.5) is 10.5 Å². The monoisotopic (exact) mass is 384 g/mol. The lowest BCUT2D eigenvalue weighted by atomic mass is 10.2. The molecule has 0 aliphatic carbocycles. The standard InChI is InChI=1S/C19H16N2O5S/c1-11-3-2-4-13(7-11)20-17(24)10-21-18(25)16(27-19(21)26)9-12-5-6-14(22)15(23)8-12/h2-9,22-23H,10H2,1H3,(H,20,24)/b16-9+. The first kappa shape index (κ1) is 18.5. The Morgan fingerprint density at radius 1 is 1.15 bits per heavy atom. The molecule has 8 heteroatoms. The van der Waals surface area contributed by atoms with Crippen molar-refractivity contribution in [1.29, 1.82) is 0 Å². The summed E-state index contributed by atoms with van der Waals surface area (Å²) in [6.45, 7) is 1.49. The van der Waals surface area contributed by atoms with E-state index in [2.05, 4.69) is 5.32 Å². The van der Waals surface area contributed by atoms with E-state index in [-0.39, 0.29) is 16.4 Å². The van der Waals surface area contributed by atoms with Crippen LogP contribution in [0.2, 0.25) is 0 Å². The molecule has 0 saturated carbocycles. The van der Waals surface area contributed by atoms with Crippen LogP contribution in [0.5, 0.6) is 11.5 Å². The summed E-state index contributed by atoms with van der Waals surface area (Å²) in [7, 11) is 0. The molecule has 3 amide bonds. The highest BCUT2D eigenvalue weighted by atomic mass is 32.2. The number of nitrogens with zero attached hydrogens (tertiary/aromatic N) is 1. The number of hydrogen-bond acceptors (Lipinski definition) is 6. The van der Waals surface area contributed by atoms with Gasteiger partial charge in [0.25, 0.3) is 11.1 Å². The Balaban J connectivity index is 1.71. The van der Waals surface area contributed by atoms with Crippen molar-refractivity contribution in [3.63, 3.8) is 0 Å². The van der Waals surface area contributed by atoms with Crippen molar-refractivity contribution < 1.29 is 24.6 Å². The summed E-state index contributed by atoms with van der Waals surface area (Å²) >= 11 is 0.712. The summed E-state index contributed by atoms with van der Waals surface area (Å²) in [6.07, 6.45) is 1.42. The van der Waals surface area contributed by atoms with Crippen LogP contribution in [-0.2, 0) is 9.59 Å². The van der Waals surface area contributed by atoms with Gasteiger partial charge in [-0.15, -0.1) is 0 Å². The van der Waals surface area contributed by atoms with Gasteiger partial charge in [0, 0.05) is 5.69 Å². The first-order valence-electron chi connectivity index (χ1n) is 7.97. The normalized spacial score (nSPS) is 15.4. The molecule has 1 fully saturated rings. The van der Waals surface area contributed by atoms with Crippen molar-refractivity contribution in [3.05, 3.63) is 58.5 Å². The Morgan fingerprint density at radius 2 is 1.93 bits per heavy atom. The fourth-order valence-electron chi connectivity index (χ4n) is 2.48. The molecule has 0 bridgehead atoms. The van der Waals surface area contributed by atoms with Crippen molar-refractivity contribution in [2.24, 2.45) is 0 Å². The molecule has 1 heterocycles. The maximum atomic E-state index is 12.4. The average molecular weight is 384 g/mol. The Morgan fingerprint density at radius 3 is 2.63 bits per heavy atom. The molecule has 27 heavy (non-hydrogen) atoms. The smallest absolute Gasteiger partial charge is 0.294 e. The number of phenols is 2. The van der Waals surface area contributed by atoms with Gasteiger partial charge in [-0.2, -0.15) is 0 Å². The molecule has 0 aromatic heterocycles. The topological polar surface area (TPSA) is 107 Å². The summed E-state index contributed by atoms with van der Waals surface area (Å²) in [6, 6.07) is 11.2. The zero-order valence-corrected chi connectivity index (χ0v) is 15.1. The van der Waals surface area contributed by atoms with Gasteiger partial charge in [-0.3, -0.25) is 19.3 Å². The molecule has 3 rings (SSSR count). The second-order valence-corrected chi connectivity index (χ2v) is 6.93. The number of carbonyl (C=O) groups is 3. The molecule has 138 valence electrons. The molecule has 7 nitrogen and oxygen atoms in total. The molecule has 1 aliphatic rings. The van der Waals surface area contributed by atoms with E-state index in [1.165, 1.54) is 24.3 Å². The third-order valence-corrected chi connectivity index (χ3v) is 4.68. The number of thioether (sulfide) groups is 1. The highest BCUT2D eigenvalue weighted by Crippen LogP contribution is 2.33. The molecule has 0 spiro atoms. The molecule has 2 aromatic carbocycles. The average Bonchev–Trinajstić information content (AvgIpc) is 2.85. The quantitative estimate of drug-likeness (QED) is 0.552. The number of aryl methyl sites for hydroxylation is 1. The van der Waals surface area contributed by atoms with E-state index in [0.717, 1.165) is 10.5 Å². The van der Waals surface area contributed by atoms with Crippen LogP contribution in [0.3, 0.4) is 0 Å². The molecule has 0 unspecified atom stereocenters. The van der Waals surface area contributed by atoms with Gasteiger partial charge in [-0.05, 0) is 60.2 Å². The van der Waals surface area contributed by atoms with Gasteiger partial charge in [-0.25, -0.2) is 0 Å². The van der Waals surface area contributed by atoms with E-state index in [1.807, 2.05) is 13.0 Å². The number of benzene rings is 2. The van der Waals surface area contributed by atoms with Crippen molar-refractivity contribution >= 4 is 40.6 Å². The van der Waals surface area contributed by atoms with Crippen LogP contribution in [0, 0.1) is 6.92 Å². The van der Waals surface area contributed by atoms with E-state index in [9.17, 15) is 24.6 Å². The fraction of sp³-hybridized carbons (Fsp3) is 0.105. The van der Waals surface area contributed by atoms with E-state index >= 15 is 0 Å². The number of nitrogens with one attached hydrogen (secondary N) is 1. The highest BCUT2D eigenvalue weighted by molar-refractivity contribution is 8.18. The molecular weight excluding hydrogens is 368 g/mol. The molecule has 0 atom stereocenters. The lowest BCUT2D eigenvalue weighted by Gasteiger charge is -2.12. The first-order chi connectivity index (χ1) is 12.8. The largest absolute Gasteiger partial charge is 0.504 e. The summed E-state index contributed by atoms with van der Waals surface area (Å²) < 4.78 is 0. The molecule has 2 aromatic rings. The number of phenolic OH excluding ortho intramolecular Hbond substituents is 2. The molecular formula is C19H16N2O5S. The second-order valence-electron chi connectivity index (χ2n) is 5.93. The van der Waals surface area contributed by atoms with Crippen LogP contribution < -0.4 is 5.32 Å². The SMILES string of the molecule is Cc1cccc(NC(=O)CN2C(=O)S/C(=C/c3ccc(O)c(O)c3)C2=O)c1. The maximum Gasteiger partial charge on any atom is 0.294 e. The van der Waals surface area contributed by atoms with Gasteiger partial charge in [0.05, 0.1) is 4.91 Å². The predicted molar refractivity (Wildman–Crippen MR) is 102 cm³/mol. The summed E-state index contributed by atoms with van der Waals surface area (Å²) in [5.41, 5.74) is 2.00. The van der Waals surface area contributed by atoms with Crippen LogP contribution in [0.25, 0.3) is 6.08 Å². The van der Waals surface area contributed by atoms with Crippen LogP contribution >= 0.6 is 11.8 Å². The number of amides is 3. The van der Waals surface area contributed by atoms with E-state index in [0.29, 0.717) is 23.0 Å². The lowest BCUT2D eigenvalue weighted by Crippen LogP contribution is -2.36. The molecule has 0 radical (unpaired) electrons. The zero-order valence-electron chi connectivity index (χ0n) is 14.3. The van der Waals surface area contributed by atoms with Crippen molar-refractivity contribution in [2.75, 3.05) is 11.9 Å². The van der Waals surface area contributed by atoms with Gasteiger partial charge >= 0.3 is 0 Å². The van der Waals surface area contributed by atoms with Gasteiger partial charge in [-0.1, -0.05) is 18.2 Å². The number of anilines is 1. The minimum absolute atomic E-state index is 0.133. The number of imide groups is 1. The third kappa shape index (κ3) is 4.29. The van der Waals surface area contributed by atoms with Gasteiger partial charge in [0.15, 0.2) is 11.5 Å². The summed E-state index contributed by atoms with van der Waals surface area (Å²) in [5, 5.41) is 21.0. The summed E-state index contributed by atoms with van der Waals surface area (Å²) in [4.78, 5) is 37.7. The van der Waals surface area contributed by atoms with Crippen molar-refractivity contribution in [3.8, 4) is 11.5 Å². The predicted octanol–water partition coefficient (Wildman–Crippen LogP) is 3.08. The van der Waals surface area contributed by atoms with E-state index < -0.39 is 23.6 Å². The highest BCUT2D eigenvalue weighted by Gasteiger charge is 2.36. The van der Waals surface area contributed by atoms with Crippen molar-refractivity contribution in [2.45, 2.75) is 6.92 Å². The minimum Gasteiger partial charge on any atom is -0.504 e. The number of rotatable bonds is 4. The lowest BCUT2D eigenvalue weighted by molar-refractivity contribution is -0.127. The molecule has 1 aliphatic heterocycles. The van der Waals surface area contributed by atoms with E-state index in [1.54, 1.807) is 18.2 Å². The number of hydrogen-bond donors (Lipinski definition) is 3. The van der Waals surface area contributed by atoms with Gasteiger partial charge in [0.2, 0.25) is 5.91 Å². The molecule has 3 N–H and O–H groups in total. The maximum absolute atomic E-state index is 12.4. The third-order valence-electron chi connectivity index (χ3n) is 3.77. The number of carbonyl (C=O) groups excluding carboxylic acids is 3. The Labute approximate surface area is 159 Å². The van der Waals surface area contributed by atoms with Crippen LogP contribution in [0.1, 0.15) is 11.1 Å². The van der Waals surface area contributed by atoms with Crippen LogP contribution in [-0.4, -0.2) is 38.7 Å². The Kier molecular flexibility index (Phi) is 5.18. The molecule has 1 saturated heterocycles. The Hall–Kier alpha value is -3.26. The Bertz CT molecular complexity index is 970. The van der Waals surface area contributed by atoms with E-state index in [4.69, 9.17) is 0 Å². The first-order valence-corrected chi connectivity index (χ1v) is 8.79. The minimum atomic E-state index is -0.586. The zero-order chi connectivity index (χ0) is 19.6. The van der Waals surface area contributed by atoms with Crippen molar-refractivity contribution in [1.82, 2.24) is 4.90 Å². The summed E-state index contributed by atoms with van der Waals surface area (Å²) in [5.74, 6) is -1.68. The van der Waals surface area contributed by atoms with Gasteiger partial charge < -0.3 is 15.5 Å². The second kappa shape index (κ2) is 7.55. The number of aromatic hydroxyl groups is 2. The fourth-order valence-corrected chi connectivity index (χ4v) is 3.32.